The molecule has 3 heterocycles. The van der Waals surface area contributed by atoms with E-state index in [4.69, 9.17) is 18.1 Å². The first kappa shape index (κ1) is 24.1. The number of hydrogen-bond acceptors (Lipinski definition) is 8. The number of nitrogens with one attached hydrogen (secondary N) is 1. The summed E-state index contributed by atoms with van der Waals surface area (Å²) in [5.74, 6) is 0.617. The second-order valence-corrected chi connectivity index (χ2v) is 9.34. The highest BCUT2D eigenvalue weighted by Gasteiger charge is 2.13. The van der Waals surface area contributed by atoms with Crippen molar-refractivity contribution in [1.82, 2.24) is 9.97 Å². The van der Waals surface area contributed by atoms with E-state index in [1.807, 2.05) is 6.20 Å². The first-order valence-electron chi connectivity index (χ1n) is 10.8. The smallest absolute Gasteiger partial charge is 0.227 e. The third-order valence-corrected chi connectivity index (χ3v) is 6.61. The van der Waals surface area contributed by atoms with Crippen molar-refractivity contribution in [3.63, 3.8) is 0 Å². The number of thiophene rings is 1. The Morgan fingerprint density at radius 1 is 1.06 bits per heavy atom. The van der Waals surface area contributed by atoms with E-state index in [1.165, 1.54) is 27.9 Å². The molecule has 10 heteroatoms. The number of thiol groups is 1. The average Bonchev–Trinajstić information content (AvgIpc) is 3.25. The molecule has 178 valence electrons. The van der Waals surface area contributed by atoms with Crippen LogP contribution in [0.5, 0.6) is 0 Å². The fourth-order valence-electron chi connectivity index (χ4n) is 3.83. The van der Waals surface area contributed by atoms with Crippen LogP contribution in [0.1, 0.15) is 11.1 Å². The molecular weight excluding hydrogens is 470 g/mol. The molecule has 5 rings (SSSR count). The summed E-state index contributed by atoms with van der Waals surface area (Å²) in [6.45, 7) is 7.77. The Bertz CT molecular complexity index is 1340. The van der Waals surface area contributed by atoms with Gasteiger partial charge in [0.1, 0.15) is 0 Å². The van der Waals surface area contributed by atoms with Crippen LogP contribution in [0, 0.1) is 13.8 Å². The van der Waals surface area contributed by atoms with Gasteiger partial charge in [-0.15, -0.1) is 11.3 Å². The van der Waals surface area contributed by atoms with Crippen LogP contribution >= 0.6 is 11.3 Å². The van der Waals surface area contributed by atoms with Crippen LogP contribution in [0.3, 0.4) is 0 Å². The second-order valence-electron chi connectivity index (χ2n) is 7.86. The molecule has 2 aromatic carbocycles. The predicted octanol–water partition coefficient (Wildman–Crippen LogP) is 4.03. The molecular formula is C24H27N5O3S2. The zero-order valence-corrected chi connectivity index (χ0v) is 20.7. The molecule has 0 amide bonds. The average molecular weight is 498 g/mol. The Labute approximate surface area is 204 Å². The maximum Gasteiger partial charge on any atom is 0.227 e. The number of morpholine rings is 1. The lowest BCUT2D eigenvalue weighted by atomic mass is 9.98. The van der Waals surface area contributed by atoms with E-state index in [0.29, 0.717) is 5.95 Å². The van der Waals surface area contributed by atoms with Crippen LogP contribution in [0.25, 0.3) is 21.3 Å². The molecule has 4 aromatic rings. The lowest BCUT2D eigenvalue weighted by Gasteiger charge is -2.28. The van der Waals surface area contributed by atoms with E-state index >= 15 is 0 Å². The van der Waals surface area contributed by atoms with Crippen molar-refractivity contribution >= 4 is 49.8 Å². The molecule has 0 unspecified atom stereocenters. The summed E-state index contributed by atoms with van der Waals surface area (Å²) in [6.07, 6.45) is 1.91. The van der Waals surface area contributed by atoms with Gasteiger partial charge >= 0.3 is 0 Å². The number of benzene rings is 2. The van der Waals surface area contributed by atoms with E-state index in [2.05, 4.69) is 82.0 Å². The third kappa shape index (κ3) is 5.71. The molecule has 8 nitrogen and oxygen atoms in total. The van der Waals surface area contributed by atoms with E-state index in [0.717, 1.165) is 42.2 Å². The van der Waals surface area contributed by atoms with Crippen molar-refractivity contribution in [2.75, 3.05) is 36.5 Å². The number of rotatable bonds is 4. The third-order valence-electron chi connectivity index (χ3n) is 5.71. The fourth-order valence-corrected chi connectivity index (χ4v) is 4.69. The van der Waals surface area contributed by atoms with Crippen LogP contribution in [0.4, 0.5) is 17.3 Å². The summed E-state index contributed by atoms with van der Waals surface area (Å²) in [4.78, 5) is 11.7. The molecule has 1 aliphatic heterocycles. The molecule has 1 fully saturated rings. The summed E-state index contributed by atoms with van der Waals surface area (Å²) in [7, 11) is -2.62. The van der Waals surface area contributed by atoms with Crippen LogP contribution in [0.2, 0.25) is 0 Å². The monoisotopic (exact) mass is 497 g/mol. The van der Waals surface area contributed by atoms with Gasteiger partial charge in [0.15, 0.2) is 10.9 Å². The van der Waals surface area contributed by atoms with E-state index in [-0.39, 0.29) is 0 Å². The first-order chi connectivity index (χ1) is 16.4. The number of nitrogens with zero attached hydrogens (tertiary/aromatic N) is 3. The second kappa shape index (κ2) is 10.9. The van der Waals surface area contributed by atoms with Gasteiger partial charge in [-0.2, -0.15) is 0 Å². The van der Waals surface area contributed by atoms with Crippen molar-refractivity contribution in [3.8, 4) is 11.1 Å². The van der Waals surface area contributed by atoms with Crippen molar-refractivity contribution in [1.29, 1.82) is 0 Å². The zero-order chi connectivity index (χ0) is 24.1. The lowest BCUT2D eigenvalue weighted by molar-refractivity contribution is 0.122. The van der Waals surface area contributed by atoms with Gasteiger partial charge in [0.05, 0.1) is 29.6 Å². The maximum absolute atomic E-state index is 8.81. The minimum Gasteiger partial charge on any atom is -0.378 e. The standard InChI is InChI=1S/C24H24N4OS.H3NO2S/c1-16-4-3-5-20(17(16)2)21-15-30-22-14-25-24(27-23(21)22)26-18-6-8-19(9-7-18)28-10-12-29-13-11-28;1-4(2)3/h3-9,14-15H,10-13H2,1-2H3,(H,25,26,27);4H,(H2,1,2,3). The maximum atomic E-state index is 8.81. The normalized spacial score (nSPS) is 13.6. The van der Waals surface area contributed by atoms with Gasteiger partial charge in [-0.1, -0.05) is 18.2 Å². The van der Waals surface area contributed by atoms with Gasteiger partial charge in [0, 0.05) is 35.4 Å². The highest BCUT2D eigenvalue weighted by Crippen LogP contribution is 2.35. The summed E-state index contributed by atoms with van der Waals surface area (Å²) >= 11 is 1.69. The topological polar surface area (TPSA) is 110 Å². The van der Waals surface area contributed by atoms with E-state index < -0.39 is 10.9 Å². The van der Waals surface area contributed by atoms with Crippen molar-refractivity contribution < 1.29 is 13.2 Å². The van der Waals surface area contributed by atoms with Crippen LogP contribution < -0.4 is 15.4 Å². The van der Waals surface area contributed by atoms with Crippen LogP contribution in [0.15, 0.2) is 54.0 Å². The van der Waals surface area contributed by atoms with Gasteiger partial charge < -0.3 is 15.0 Å². The number of hydrogen-bond donors (Lipinski definition) is 3. The zero-order valence-electron chi connectivity index (χ0n) is 19.0. The predicted molar refractivity (Wildman–Crippen MR) is 140 cm³/mol. The quantitative estimate of drug-likeness (QED) is 0.365. The molecule has 1 saturated heterocycles. The number of fused-ring (bicyclic) bond motifs is 1. The van der Waals surface area contributed by atoms with Gasteiger partial charge in [0.25, 0.3) is 0 Å². The minimum absolute atomic E-state index is 0.617. The van der Waals surface area contributed by atoms with E-state index in [1.54, 1.807) is 11.3 Å². The Morgan fingerprint density at radius 3 is 2.47 bits per heavy atom. The Morgan fingerprint density at radius 2 is 1.76 bits per heavy atom. The highest BCUT2D eigenvalue weighted by atomic mass is 32.2. The number of anilines is 3. The molecule has 0 spiro atoms. The molecule has 1 aliphatic rings. The lowest BCUT2D eigenvalue weighted by Crippen LogP contribution is -2.36. The van der Waals surface area contributed by atoms with Gasteiger partial charge in [0.2, 0.25) is 5.95 Å². The molecule has 0 atom stereocenters. The SMILES string of the molecule is Cc1cccc(-c2csc3cnc(Nc4ccc(N5CCOCC5)cc4)nc23)c1C.N[SH](=O)=O. The van der Waals surface area contributed by atoms with Crippen LogP contribution in [-0.2, 0) is 15.6 Å². The number of ether oxygens (including phenoxy) is 1. The highest BCUT2D eigenvalue weighted by molar-refractivity contribution is 7.69. The summed E-state index contributed by atoms with van der Waals surface area (Å²) in [5, 5.41) is 9.61. The Kier molecular flexibility index (Phi) is 7.73. The minimum atomic E-state index is -2.62. The van der Waals surface area contributed by atoms with Crippen molar-refractivity contribution in [2.45, 2.75) is 13.8 Å². The number of aromatic nitrogens is 2. The van der Waals surface area contributed by atoms with Crippen LogP contribution in [-0.4, -0.2) is 44.7 Å². The number of aryl methyl sites for hydroxylation is 1. The molecule has 0 bridgehead atoms. The Hall–Kier alpha value is -3.05. The fraction of sp³-hybridized carbons (Fsp3) is 0.250. The summed E-state index contributed by atoms with van der Waals surface area (Å²) < 4.78 is 24.2. The van der Waals surface area contributed by atoms with E-state index in [9.17, 15) is 0 Å². The molecule has 0 saturated carbocycles. The van der Waals surface area contributed by atoms with Crippen molar-refractivity contribution in [2.24, 2.45) is 5.14 Å². The molecule has 3 N–H and O–H groups in total. The molecule has 0 radical (unpaired) electrons. The summed E-state index contributed by atoms with van der Waals surface area (Å²) in [5.41, 5.74) is 8.19. The molecule has 0 aliphatic carbocycles. The van der Waals surface area contributed by atoms with Gasteiger partial charge in [-0.3, -0.25) is 0 Å². The molecule has 2 aromatic heterocycles. The van der Waals surface area contributed by atoms with Gasteiger partial charge in [-0.25, -0.2) is 23.5 Å². The van der Waals surface area contributed by atoms with Gasteiger partial charge in [-0.05, 0) is 54.8 Å². The molecule has 34 heavy (non-hydrogen) atoms. The Balaban J connectivity index is 0.000000636. The largest absolute Gasteiger partial charge is 0.378 e. The number of nitrogens with two attached hydrogens (primary N) is 1. The summed E-state index contributed by atoms with van der Waals surface area (Å²) in [6, 6.07) is 14.9. The first-order valence-corrected chi connectivity index (χ1v) is 12.9. The van der Waals surface area contributed by atoms with Crippen molar-refractivity contribution in [3.05, 3.63) is 65.2 Å².